The molecule has 3 aromatic rings. The number of carbonyl (C=O) groups is 2. The minimum atomic E-state index is -0.490. The van der Waals surface area contributed by atoms with E-state index in [9.17, 15) is 14.0 Å². The lowest BCUT2D eigenvalue weighted by atomic mass is 10.2. The van der Waals surface area contributed by atoms with Crippen LogP contribution in [0, 0.1) is 5.82 Å². The van der Waals surface area contributed by atoms with Gasteiger partial charge in [0.1, 0.15) is 12.4 Å². The van der Waals surface area contributed by atoms with Gasteiger partial charge in [0.2, 0.25) is 0 Å². The summed E-state index contributed by atoms with van der Waals surface area (Å²) in [6.07, 6.45) is 0. The van der Waals surface area contributed by atoms with Crippen LogP contribution in [0.1, 0.15) is 26.3 Å². The fraction of sp³-hybridized carbons (Fsp3) is 0.0476. The van der Waals surface area contributed by atoms with Crippen LogP contribution in [0.4, 0.5) is 10.1 Å². The van der Waals surface area contributed by atoms with Crippen LogP contribution >= 0.6 is 0 Å². The maximum absolute atomic E-state index is 12.8. The predicted octanol–water partition coefficient (Wildman–Crippen LogP) is 4.44. The Balaban J connectivity index is 1.57. The molecule has 0 aliphatic rings. The van der Waals surface area contributed by atoms with Gasteiger partial charge in [-0.2, -0.15) is 0 Å². The Hall–Kier alpha value is -3.47. The largest absolute Gasteiger partial charge is 0.457 e. The molecule has 0 heterocycles. The van der Waals surface area contributed by atoms with E-state index in [-0.39, 0.29) is 18.3 Å². The van der Waals surface area contributed by atoms with Gasteiger partial charge in [-0.1, -0.05) is 30.3 Å². The molecule has 130 valence electrons. The van der Waals surface area contributed by atoms with E-state index in [4.69, 9.17) is 4.74 Å². The van der Waals surface area contributed by atoms with Crippen molar-refractivity contribution < 1.29 is 18.7 Å². The number of esters is 1. The van der Waals surface area contributed by atoms with Crippen LogP contribution < -0.4 is 5.32 Å². The third kappa shape index (κ3) is 4.54. The molecule has 1 amide bonds. The average Bonchev–Trinajstić information content (AvgIpc) is 2.68. The molecule has 0 saturated heterocycles. The first-order valence-corrected chi connectivity index (χ1v) is 8.00. The third-order valence-electron chi connectivity index (χ3n) is 3.70. The Bertz CT molecular complexity index is 891. The lowest BCUT2D eigenvalue weighted by molar-refractivity contribution is 0.0472. The Morgan fingerprint density at radius 3 is 2.12 bits per heavy atom. The molecule has 0 aliphatic carbocycles. The zero-order chi connectivity index (χ0) is 18.4. The van der Waals surface area contributed by atoms with Gasteiger partial charge < -0.3 is 10.1 Å². The maximum Gasteiger partial charge on any atom is 0.338 e. The molecule has 3 aromatic carbocycles. The molecule has 0 unspecified atom stereocenters. The number of benzene rings is 3. The molecule has 0 atom stereocenters. The van der Waals surface area contributed by atoms with E-state index < -0.39 is 5.97 Å². The number of amides is 1. The van der Waals surface area contributed by atoms with Crippen molar-refractivity contribution in [2.45, 2.75) is 6.61 Å². The molecule has 0 radical (unpaired) electrons. The monoisotopic (exact) mass is 349 g/mol. The van der Waals surface area contributed by atoms with Crippen molar-refractivity contribution in [2.75, 3.05) is 5.32 Å². The highest BCUT2D eigenvalue weighted by Crippen LogP contribution is 2.13. The third-order valence-corrected chi connectivity index (χ3v) is 3.70. The summed E-state index contributed by atoms with van der Waals surface area (Å²) in [5, 5.41) is 2.76. The quantitative estimate of drug-likeness (QED) is 0.693. The fourth-order valence-corrected chi connectivity index (χ4v) is 2.30. The Kier molecular flexibility index (Phi) is 5.39. The van der Waals surface area contributed by atoms with Crippen molar-refractivity contribution in [2.24, 2.45) is 0 Å². The summed E-state index contributed by atoms with van der Waals surface area (Å²) in [6, 6.07) is 21.0. The topological polar surface area (TPSA) is 55.4 Å². The molecule has 3 rings (SSSR count). The Morgan fingerprint density at radius 1 is 0.808 bits per heavy atom. The van der Waals surface area contributed by atoms with Gasteiger partial charge in [-0.25, -0.2) is 9.18 Å². The average molecular weight is 349 g/mol. The maximum atomic E-state index is 12.8. The van der Waals surface area contributed by atoms with E-state index in [0.717, 1.165) is 0 Å². The Labute approximate surface area is 150 Å². The Morgan fingerprint density at radius 2 is 1.46 bits per heavy atom. The molecule has 1 N–H and O–H groups in total. The van der Waals surface area contributed by atoms with Gasteiger partial charge in [0, 0.05) is 11.3 Å². The number of halogens is 1. The minimum Gasteiger partial charge on any atom is -0.457 e. The van der Waals surface area contributed by atoms with Crippen LogP contribution in [0.5, 0.6) is 0 Å². The van der Waals surface area contributed by atoms with Crippen LogP contribution in [0.15, 0.2) is 78.9 Å². The first-order chi connectivity index (χ1) is 12.6. The van der Waals surface area contributed by atoms with Crippen molar-refractivity contribution in [1.29, 1.82) is 0 Å². The summed E-state index contributed by atoms with van der Waals surface area (Å²) in [6.45, 7) is 0.0611. The lowest BCUT2D eigenvalue weighted by Gasteiger charge is -2.07. The van der Waals surface area contributed by atoms with Crippen molar-refractivity contribution in [3.8, 4) is 0 Å². The van der Waals surface area contributed by atoms with Gasteiger partial charge in [-0.15, -0.1) is 0 Å². The van der Waals surface area contributed by atoms with E-state index >= 15 is 0 Å². The first-order valence-electron chi connectivity index (χ1n) is 8.00. The molecule has 0 aromatic heterocycles. The normalized spacial score (nSPS) is 10.2. The van der Waals surface area contributed by atoms with Gasteiger partial charge in [0.15, 0.2) is 0 Å². The number of hydrogen-bond donors (Lipinski definition) is 1. The molecular formula is C21H16FNO3. The summed E-state index contributed by atoms with van der Waals surface area (Å²) in [5.74, 6) is -1.05. The molecule has 0 bridgehead atoms. The zero-order valence-electron chi connectivity index (χ0n) is 13.8. The van der Waals surface area contributed by atoms with Gasteiger partial charge in [-0.05, 0) is 54.1 Å². The first kappa shape index (κ1) is 17.4. The molecule has 0 spiro atoms. The predicted molar refractivity (Wildman–Crippen MR) is 96.4 cm³/mol. The number of rotatable bonds is 5. The van der Waals surface area contributed by atoms with Crippen molar-refractivity contribution in [3.05, 3.63) is 101 Å². The fourth-order valence-electron chi connectivity index (χ4n) is 2.30. The summed E-state index contributed by atoms with van der Waals surface area (Å²) in [5.41, 5.74) is 2.19. The van der Waals surface area contributed by atoms with E-state index in [1.807, 2.05) is 6.07 Å². The summed E-state index contributed by atoms with van der Waals surface area (Å²) >= 11 is 0. The van der Waals surface area contributed by atoms with Crippen LogP contribution in [0.2, 0.25) is 0 Å². The molecule has 0 saturated carbocycles. The molecule has 0 aliphatic heterocycles. The molecule has 4 nitrogen and oxygen atoms in total. The molecule has 0 fully saturated rings. The highest BCUT2D eigenvalue weighted by Gasteiger charge is 2.09. The van der Waals surface area contributed by atoms with Gasteiger partial charge >= 0.3 is 5.97 Å². The molecular weight excluding hydrogens is 333 g/mol. The van der Waals surface area contributed by atoms with Crippen LogP contribution in [-0.2, 0) is 11.3 Å². The summed E-state index contributed by atoms with van der Waals surface area (Å²) in [4.78, 5) is 24.1. The molecule has 26 heavy (non-hydrogen) atoms. The van der Waals surface area contributed by atoms with Crippen LogP contribution in [0.25, 0.3) is 0 Å². The lowest BCUT2D eigenvalue weighted by Crippen LogP contribution is -2.12. The number of nitrogens with one attached hydrogen (secondary N) is 1. The van der Waals surface area contributed by atoms with Crippen LogP contribution in [-0.4, -0.2) is 11.9 Å². The SMILES string of the molecule is O=C(Nc1ccc(C(=O)OCc2ccc(F)cc2)cc1)c1ccccc1. The second-order valence-corrected chi connectivity index (χ2v) is 5.60. The zero-order valence-corrected chi connectivity index (χ0v) is 13.8. The number of hydrogen-bond acceptors (Lipinski definition) is 3. The van der Waals surface area contributed by atoms with E-state index in [0.29, 0.717) is 22.4 Å². The van der Waals surface area contributed by atoms with Gasteiger partial charge in [-0.3, -0.25) is 4.79 Å². The highest BCUT2D eigenvalue weighted by molar-refractivity contribution is 6.04. The van der Waals surface area contributed by atoms with E-state index in [1.165, 1.54) is 12.1 Å². The van der Waals surface area contributed by atoms with Crippen molar-refractivity contribution >= 4 is 17.6 Å². The number of anilines is 1. The summed E-state index contributed by atoms with van der Waals surface area (Å²) in [7, 11) is 0. The number of carbonyl (C=O) groups excluding carboxylic acids is 2. The van der Waals surface area contributed by atoms with Crippen molar-refractivity contribution in [1.82, 2.24) is 0 Å². The summed E-state index contributed by atoms with van der Waals surface area (Å²) < 4.78 is 18.0. The van der Waals surface area contributed by atoms with Gasteiger partial charge in [0.25, 0.3) is 5.91 Å². The smallest absolute Gasteiger partial charge is 0.338 e. The molecule has 5 heteroatoms. The van der Waals surface area contributed by atoms with E-state index in [1.54, 1.807) is 60.7 Å². The van der Waals surface area contributed by atoms with E-state index in [2.05, 4.69) is 5.32 Å². The van der Waals surface area contributed by atoms with Crippen LogP contribution in [0.3, 0.4) is 0 Å². The minimum absolute atomic E-state index is 0.0611. The second kappa shape index (κ2) is 8.07. The van der Waals surface area contributed by atoms with Crippen molar-refractivity contribution in [3.63, 3.8) is 0 Å². The van der Waals surface area contributed by atoms with Gasteiger partial charge in [0.05, 0.1) is 5.56 Å². The standard InChI is InChI=1S/C21H16FNO3/c22-18-10-6-15(7-11-18)14-26-21(25)17-8-12-19(13-9-17)23-20(24)16-4-2-1-3-5-16/h1-13H,14H2,(H,23,24). The second-order valence-electron chi connectivity index (χ2n) is 5.60. The highest BCUT2D eigenvalue weighted by atomic mass is 19.1. The number of ether oxygens (including phenoxy) is 1.